The van der Waals surface area contributed by atoms with Gasteiger partial charge in [0.15, 0.2) is 11.6 Å². The van der Waals surface area contributed by atoms with E-state index in [1.807, 2.05) is 13.8 Å². The number of benzene rings is 1. The van der Waals surface area contributed by atoms with Crippen LogP contribution in [0.5, 0.6) is 11.5 Å². The molecule has 1 aromatic heterocycles. The molecule has 0 saturated heterocycles. The Morgan fingerprint density at radius 3 is 2.68 bits per heavy atom. The van der Waals surface area contributed by atoms with Crippen molar-refractivity contribution in [1.29, 1.82) is 0 Å². The molecule has 3 rings (SSSR count). The van der Waals surface area contributed by atoms with Gasteiger partial charge in [-0.15, -0.1) is 0 Å². The molecule has 1 aliphatic rings. The van der Waals surface area contributed by atoms with Crippen LogP contribution in [0.1, 0.15) is 33.6 Å². The third-order valence-electron chi connectivity index (χ3n) is 4.57. The van der Waals surface area contributed by atoms with Crippen LogP contribution < -0.4 is 19.7 Å². The van der Waals surface area contributed by atoms with Gasteiger partial charge < -0.3 is 14.8 Å². The van der Waals surface area contributed by atoms with Crippen molar-refractivity contribution in [2.45, 2.75) is 39.2 Å². The number of nitrogens with zero attached hydrogens (tertiary/aromatic N) is 2. The van der Waals surface area contributed by atoms with E-state index in [-0.39, 0.29) is 0 Å². The van der Waals surface area contributed by atoms with Crippen molar-refractivity contribution >= 4 is 23.3 Å². The molecule has 0 unspecified atom stereocenters. The zero-order valence-electron chi connectivity index (χ0n) is 16.4. The summed E-state index contributed by atoms with van der Waals surface area (Å²) in [6.45, 7) is 6.48. The van der Waals surface area contributed by atoms with Gasteiger partial charge in [-0.1, -0.05) is 13.3 Å². The maximum Gasteiger partial charge on any atom is 0.282 e. The molecule has 7 heteroatoms. The normalized spacial score (nSPS) is 18.2. The first-order valence-electron chi connectivity index (χ1n) is 9.50. The lowest BCUT2D eigenvalue weighted by Gasteiger charge is -2.38. The van der Waals surface area contributed by atoms with Crippen molar-refractivity contribution in [1.82, 2.24) is 4.98 Å². The number of ether oxygens (including phenoxy) is 2. The Bertz CT molecular complexity index is 853. The van der Waals surface area contributed by atoms with Gasteiger partial charge >= 0.3 is 0 Å². The summed E-state index contributed by atoms with van der Waals surface area (Å²) in [4.78, 5) is 32.0. The second-order valence-electron chi connectivity index (χ2n) is 6.68. The van der Waals surface area contributed by atoms with E-state index >= 15 is 0 Å². The van der Waals surface area contributed by atoms with Gasteiger partial charge in [-0.3, -0.25) is 14.5 Å². The van der Waals surface area contributed by atoms with Crippen molar-refractivity contribution in [3.8, 4) is 11.5 Å². The third kappa shape index (κ3) is 3.78. The van der Waals surface area contributed by atoms with Crippen LogP contribution >= 0.6 is 0 Å². The summed E-state index contributed by atoms with van der Waals surface area (Å²) in [6.07, 6.45) is 3.33. The summed E-state index contributed by atoms with van der Waals surface area (Å²) in [5.74, 6) is 0.630. The molecule has 7 nitrogen and oxygen atoms in total. The van der Waals surface area contributed by atoms with E-state index in [1.165, 1.54) is 6.92 Å². The van der Waals surface area contributed by atoms with Crippen molar-refractivity contribution in [3.63, 3.8) is 0 Å². The Labute approximate surface area is 164 Å². The van der Waals surface area contributed by atoms with Crippen LogP contribution in [0.4, 0.5) is 11.5 Å². The molecule has 0 bridgehead atoms. The van der Waals surface area contributed by atoms with Crippen molar-refractivity contribution in [2.75, 3.05) is 23.4 Å². The number of hydrogen-bond donors (Lipinski definition) is 1. The third-order valence-corrected chi connectivity index (χ3v) is 4.57. The fourth-order valence-electron chi connectivity index (χ4n) is 3.00. The van der Waals surface area contributed by atoms with Gasteiger partial charge in [-0.25, -0.2) is 4.98 Å². The largest absolute Gasteiger partial charge is 0.494 e. The zero-order valence-corrected chi connectivity index (χ0v) is 16.4. The number of amides is 2. The molecule has 0 aliphatic carbocycles. The number of carbonyl (C=O) groups is 2. The van der Waals surface area contributed by atoms with Gasteiger partial charge in [0.1, 0.15) is 5.75 Å². The second kappa shape index (κ2) is 8.29. The summed E-state index contributed by atoms with van der Waals surface area (Å²) >= 11 is 0. The molecule has 0 radical (unpaired) electrons. The Morgan fingerprint density at radius 1 is 1.25 bits per heavy atom. The SMILES string of the molecule is CCCCN1C(=O)[C@](C)(C(=O)Nc2ccc(OCC)cc2)Oc2cccnc21. The predicted molar refractivity (Wildman–Crippen MR) is 107 cm³/mol. The number of fused-ring (bicyclic) bond motifs is 1. The average Bonchev–Trinajstić information content (AvgIpc) is 2.70. The summed E-state index contributed by atoms with van der Waals surface area (Å²) < 4.78 is 11.3. The zero-order chi connectivity index (χ0) is 20.1. The molecule has 1 atom stereocenters. The topological polar surface area (TPSA) is 80.8 Å². The quantitative estimate of drug-likeness (QED) is 0.741. The minimum absolute atomic E-state index is 0.419. The lowest BCUT2D eigenvalue weighted by atomic mass is 10.0. The molecule has 2 aromatic rings. The highest BCUT2D eigenvalue weighted by Gasteiger charge is 2.51. The lowest BCUT2D eigenvalue weighted by Crippen LogP contribution is -2.61. The average molecular weight is 383 g/mol. The van der Waals surface area contributed by atoms with Crippen LogP contribution in [0.3, 0.4) is 0 Å². The number of nitrogens with one attached hydrogen (secondary N) is 1. The fourth-order valence-corrected chi connectivity index (χ4v) is 3.00. The first-order chi connectivity index (χ1) is 13.5. The Kier molecular flexibility index (Phi) is 5.82. The molecule has 148 valence electrons. The van der Waals surface area contributed by atoms with Crippen LogP contribution in [-0.2, 0) is 9.59 Å². The van der Waals surface area contributed by atoms with E-state index in [0.29, 0.717) is 36.2 Å². The summed E-state index contributed by atoms with van der Waals surface area (Å²) in [5, 5.41) is 2.77. The maximum atomic E-state index is 13.2. The standard InChI is InChI=1S/C21H25N3O4/c1-4-6-14-24-18-17(8-7-13-22-18)28-21(3,20(24)26)19(25)23-15-9-11-16(12-10-15)27-5-2/h7-13H,4-6,14H2,1-3H3,(H,23,25)/t21-/m0/s1. The van der Waals surface area contributed by atoms with Crippen LogP contribution in [0.15, 0.2) is 42.6 Å². The van der Waals surface area contributed by atoms with Gasteiger partial charge in [0.05, 0.1) is 6.61 Å². The second-order valence-corrected chi connectivity index (χ2v) is 6.68. The molecular weight excluding hydrogens is 358 g/mol. The van der Waals surface area contributed by atoms with E-state index in [2.05, 4.69) is 10.3 Å². The highest BCUT2D eigenvalue weighted by molar-refractivity contribution is 6.19. The number of rotatable bonds is 7. The summed E-state index contributed by atoms with van der Waals surface area (Å²) in [5.41, 5.74) is -1.12. The van der Waals surface area contributed by atoms with Crippen molar-refractivity contribution in [2.24, 2.45) is 0 Å². The molecule has 1 N–H and O–H groups in total. The van der Waals surface area contributed by atoms with Crippen LogP contribution in [-0.4, -0.2) is 35.6 Å². The molecule has 2 amide bonds. The number of unbranched alkanes of at least 4 members (excludes halogenated alkanes) is 1. The molecule has 0 fully saturated rings. The molecular formula is C21H25N3O4. The Balaban J connectivity index is 1.85. The maximum absolute atomic E-state index is 13.2. The lowest BCUT2D eigenvalue weighted by molar-refractivity contribution is -0.145. The first-order valence-corrected chi connectivity index (χ1v) is 9.50. The summed E-state index contributed by atoms with van der Waals surface area (Å²) in [6, 6.07) is 10.4. The number of pyridine rings is 1. The molecule has 0 saturated carbocycles. The molecule has 2 heterocycles. The van der Waals surface area contributed by atoms with Crippen LogP contribution in [0, 0.1) is 0 Å². The van der Waals surface area contributed by atoms with Gasteiger partial charge in [0.25, 0.3) is 17.4 Å². The van der Waals surface area contributed by atoms with Crippen LogP contribution in [0.25, 0.3) is 0 Å². The molecule has 1 aliphatic heterocycles. The Hall–Kier alpha value is -3.09. The van der Waals surface area contributed by atoms with Gasteiger partial charge in [-0.05, 0) is 56.7 Å². The van der Waals surface area contributed by atoms with Gasteiger partial charge in [0, 0.05) is 18.4 Å². The molecule has 28 heavy (non-hydrogen) atoms. The van der Waals surface area contributed by atoms with Crippen molar-refractivity contribution < 1.29 is 19.1 Å². The van der Waals surface area contributed by atoms with Gasteiger partial charge in [-0.2, -0.15) is 0 Å². The highest BCUT2D eigenvalue weighted by atomic mass is 16.5. The number of hydrogen-bond acceptors (Lipinski definition) is 5. The smallest absolute Gasteiger partial charge is 0.282 e. The number of aromatic nitrogens is 1. The summed E-state index contributed by atoms with van der Waals surface area (Å²) in [7, 11) is 0. The van der Waals surface area contributed by atoms with Crippen molar-refractivity contribution in [3.05, 3.63) is 42.6 Å². The Morgan fingerprint density at radius 2 is 2.00 bits per heavy atom. The van der Waals surface area contributed by atoms with Crippen LogP contribution in [0.2, 0.25) is 0 Å². The molecule has 1 aromatic carbocycles. The first kappa shape index (κ1) is 19.7. The predicted octanol–water partition coefficient (Wildman–Crippen LogP) is 3.40. The number of carbonyl (C=O) groups excluding carboxylic acids is 2. The minimum Gasteiger partial charge on any atom is -0.494 e. The highest BCUT2D eigenvalue weighted by Crippen LogP contribution is 2.36. The minimum atomic E-state index is -1.68. The van der Waals surface area contributed by atoms with E-state index in [4.69, 9.17) is 9.47 Å². The fraction of sp³-hybridized carbons (Fsp3) is 0.381. The van der Waals surface area contributed by atoms with E-state index in [1.54, 1.807) is 47.5 Å². The molecule has 0 spiro atoms. The van der Waals surface area contributed by atoms with E-state index in [9.17, 15) is 9.59 Å². The number of anilines is 2. The van der Waals surface area contributed by atoms with E-state index < -0.39 is 17.4 Å². The van der Waals surface area contributed by atoms with Gasteiger partial charge in [0.2, 0.25) is 0 Å². The van der Waals surface area contributed by atoms with E-state index in [0.717, 1.165) is 12.8 Å². The monoisotopic (exact) mass is 383 g/mol.